The number of thiol groups is 1. The van der Waals surface area contributed by atoms with Crippen LogP contribution >= 0.6 is 11.1 Å². The zero-order chi connectivity index (χ0) is 16.8. The SMILES string of the molecule is OC(C1CCCC1Cc1ccccc1)[SH]1C(C2CC2)=Nc2cncn21. The first-order valence-corrected chi connectivity index (χ1v) is 10.8. The van der Waals surface area contributed by atoms with Crippen LogP contribution in [0.3, 0.4) is 0 Å². The van der Waals surface area contributed by atoms with Crippen LogP contribution in [0.2, 0.25) is 0 Å². The van der Waals surface area contributed by atoms with Crippen LogP contribution in [0, 0.1) is 17.8 Å². The lowest BCUT2D eigenvalue weighted by Gasteiger charge is -2.33. The quantitative estimate of drug-likeness (QED) is 0.794. The van der Waals surface area contributed by atoms with E-state index in [1.807, 2.05) is 12.5 Å². The summed E-state index contributed by atoms with van der Waals surface area (Å²) < 4.78 is 2.17. The molecule has 4 nitrogen and oxygen atoms in total. The maximum absolute atomic E-state index is 11.4. The van der Waals surface area contributed by atoms with Crippen LogP contribution in [-0.2, 0) is 6.42 Å². The molecule has 0 radical (unpaired) electrons. The highest BCUT2D eigenvalue weighted by Gasteiger charge is 2.43. The van der Waals surface area contributed by atoms with Gasteiger partial charge in [0.25, 0.3) is 0 Å². The molecule has 4 atom stereocenters. The normalized spacial score (nSPS) is 30.9. The number of benzene rings is 1. The van der Waals surface area contributed by atoms with Gasteiger partial charge in [-0.1, -0.05) is 36.8 Å². The van der Waals surface area contributed by atoms with Crippen molar-refractivity contribution in [1.82, 2.24) is 8.96 Å². The average molecular weight is 356 g/mol. The van der Waals surface area contributed by atoms with Crippen LogP contribution in [0.4, 0.5) is 5.82 Å². The number of hydrogen-bond acceptors (Lipinski definition) is 3. The van der Waals surface area contributed by atoms with Gasteiger partial charge >= 0.3 is 0 Å². The molecule has 2 saturated carbocycles. The number of fused-ring (bicyclic) bond motifs is 1. The molecule has 2 heterocycles. The Kier molecular flexibility index (Phi) is 3.94. The molecule has 132 valence electrons. The molecule has 4 unspecified atom stereocenters. The zero-order valence-electron chi connectivity index (χ0n) is 14.3. The summed E-state index contributed by atoms with van der Waals surface area (Å²) in [5.74, 6) is 2.51. The Bertz CT molecular complexity index is 783. The predicted molar refractivity (Wildman–Crippen MR) is 103 cm³/mol. The Hall–Kier alpha value is -1.59. The highest BCUT2D eigenvalue weighted by Crippen LogP contribution is 2.55. The minimum Gasteiger partial charge on any atom is -0.382 e. The van der Waals surface area contributed by atoms with Crippen molar-refractivity contribution in [2.75, 3.05) is 0 Å². The molecule has 25 heavy (non-hydrogen) atoms. The first kappa shape index (κ1) is 15.6. The molecule has 2 aliphatic carbocycles. The second-order valence-corrected chi connectivity index (χ2v) is 9.75. The Labute approximate surface area is 151 Å². The minimum absolute atomic E-state index is 0.291. The number of hydrogen-bond donors (Lipinski definition) is 2. The van der Waals surface area contributed by atoms with Crippen molar-refractivity contribution in [3.05, 3.63) is 48.4 Å². The van der Waals surface area contributed by atoms with Gasteiger partial charge < -0.3 is 5.11 Å². The lowest BCUT2D eigenvalue weighted by atomic mass is 9.90. The summed E-state index contributed by atoms with van der Waals surface area (Å²) in [6.45, 7) is 0. The Morgan fingerprint density at radius 3 is 2.80 bits per heavy atom. The molecule has 0 bridgehead atoms. The minimum atomic E-state index is -0.778. The summed E-state index contributed by atoms with van der Waals surface area (Å²) in [5.41, 5.74) is 1.10. The largest absolute Gasteiger partial charge is 0.382 e. The molecule has 1 aromatic carbocycles. The fourth-order valence-corrected chi connectivity index (χ4v) is 7.33. The Morgan fingerprint density at radius 2 is 2.00 bits per heavy atom. The van der Waals surface area contributed by atoms with E-state index in [9.17, 15) is 5.11 Å². The maximum atomic E-state index is 11.4. The van der Waals surface area contributed by atoms with Crippen LogP contribution in [-0.4, -0.2) is 24.5 Å². The summed E-state index contributed by atoms with van der Waals surface area (Å²) in [6, 6.07) is 10.7. The van der Waals surface area contributed by atoms with Gasteiger partial charge in [-0.3, -0.25) is 3.97 Å². The fourth-order valence-electron chi connectivity index (χ4n) is 4.50. The van der Waals surface area contributed by atoms with E-state index in [0.717, 1.165) is 18.7 Å². The number of nitrogens with zero attached hydrogens (tertiary/aromatic N) is 3. The van der Waals surface area contributed by atoms with E-state index < -0.39 is 11.1 Å². The van der Waals surface area contributed by atoms with Gasteiger partial charge in [0.05, 0.1) is 11.2 Å². The van der Waals surface area contributed by atoms with E-state index in [4.69, 9.17) is 4.99 Å². The molecule has 0 saturated heterocycles. The van der Waals surface area contributed by atoms with Gasteiger partial charge in [-0.05, 0) is 49.5 Å². The topological polar surface area (TPSA) is 50.4 Å². The monoisotopic (exact) mass is 355 g/mol. The fraction of sp³-hybridized carbons (Fsp3) is 0.500. The third-order valence-corrected chi connectivity index (χ3v) is 8.52. The lowest BCUT2D eigenvalue weighted by Crippen LogP contribution is -2.29. The summed E-state index contributed by atoms with van der Waals surface area (Å²) in [4.78, 5) is 9.11. The summed E-state index contributed by atoms with van der Waals surface area (Å²) in [6.07, 6.45) is 10.9. The van der Waals surface area contributed by atoms with Crippen LogP contribution in [0.5, 0.6) is 0 Å². The molecule has 0 spiro atoms. The van der Waals surface area contributed by atoms with Gasteiger partial charge in [0.2, 0.25) is 0 Å². The second kappa shape index (κ2) is 6.29. The summed E-state index contributed by atoms with van der Waals surface area (Å²) in [5, 5.41) is 12.7. The molecule has 2 fully saturated rings. The van der Waals surface area contributed by atoms with E-state index in [1.165, 1.54) is 36.3 Å². The number of aromatic nitrogens is 2. The third-order valence-electron chi connectivity index (χ3n) is 5.93. The van der Waals surface area contributed by atoms with Crippen molar-refractivity contribution < 1.29 is 5.11 Å². The molecular weight excluding hydrogens is 330 g/mol. The molecule has 3 aliphatic rings. The Morgan fingerprint density at radius 1 is 1.16 bits per heavy atom. The standard InChI is InChI=1S/C20H25N3OS/c24-20(17-8-4-7-16(17)11-14-5-2-1-3-6-14)25-19(15-9-10-15)22-18-12-21-13-23(18)25/h1-3,5-6,12-13,15-17,20,24-25H,4,7-11H2. The second-order valence-electron chi connectivity index (χ2n) is 7.64. The van der Waals surface area contributed by atoms with Crippen LogP contribution < -0.4 is 0 Å². The van der Waals surface area contributed by atoms with Crippen molar-refractivity contribution >= 4 is 21.9 Å². The van der Waals surface area contributed by atoms with E-state index >= 15 is 0 Å². The van der Waals surface area contributed by atoms with Crippen molar-refractivity contribution in [3.8, 4) is 0 Å². The smallest absolute Gasteiger partial charge is 0.162 e. The van der Waals surface area contributed by atoms with Gasteiger partial charge in [-0.25, -0.2) is 9.98 Å². The maximum Gasteiger partial charge on any atom is 0.162 e. The highest BCUT2D eigenvalue weighted by molar-refractivity contribution is 8.29. The van der Waals surface area contributed by atoms with Crippen LogP contribution in [0.25, 0.3) is 0 Å². The van der Waals surface area contributed by atoms with Gasteiger partial charge in [0.1, 0.15) is 11.8 Å². The van der Waals surface area contributed by atoms with Crippen molar-refractivity contribution in [2.45, 2.75) is 44.0 Å². The number of aliphatic imine (C=N–C) groups is 1. The summed E-state index contributed by atoms with van der Waals surface area (Å²) >= 11 is -0.778. The first-order valence-electron chi connectivity index (χ1n) is 9.43. The number of aliphatic hydroxyl groups is 1. The van der Waals surface area contributed by atoms with Gasteiger partial charge in [-0.2, -0.15) is 0 Å². The molecule has 2 aromatic rings. The van der Waals surface area contributed by atoms with Crippen LogP contribution in [0.1, 0.15) is 37.7 Å². The van der Waals surface area contributed by atoms with Crippen molar-refractivity contribution in [2.24, 2.45) is 22.7 Å². The summed E-state index contributed by atoms with van der Waals surface area (Å²) in [7, 11) is 0. The van der Waals surface area contributed by atoms with Gasteiger partial charge in [-0.15, -0.1) is 11.1 Å². The third kappa shape index (κ3) is 2.83. The Balaban J connectivity index is 1.39. The number of rotatable bonds is 5. The van der Waals surface area contributed by atoms with E-state index in [1.54, 1.807) is 0 Å². The molecule has 1 aliphatic heterocycles. The highest BCUT2D eigenvalue weighted by atomic mass is 32.2. The van der Waals surface area contributed by atoms with E-state index in [-0.39, 0.29) is 5.44 Å². The first-order chi connectivity index (χ1) is 12.3. The molecule has 1 aromatic heterocycles. The van der Waals surface area contributed by atoms with Crippen molar-refractivity contribution in [3.63, 3.8) is 0 Å². The molecular formula is C20H25N3OS. The van der Waals surface area contributed by atoms with Crippen LogP contribution in [0.15, 0.2) is 47.8 Å². The van der Waals surface area contributed by atoms with Gasteiger partial charge in [0, 0.05) is 5.92 Å². The van der Waals surface area contributed by atoms with Crippen molar-refractivity contribution in [1.29, 1.82) is 0 Å². The molecule has 1 N–H and O–H groups in total. The molecule has 5 rings (SSSR count). The van der Waals surface area contributed by atoms with Gasteiger partial charge in [0.15, 0.2) is 5.82 Å². The lowest BCUT2D eigenvalue weighted by molar-refractivity contribution is 0.160. The average Bonchev–Trinajstić information content (AvgIpc) is 3.04. The number of imidazole rings is 1. The van der Waals surface area contributed by atoms with E-state index in [2.05, 4.69) is 39.3 Å². The number of aliphatic hydroxyl groups excluding tert-OH is 1. The molecule has 5 heteroatoms. The van der Waals surface area contributed by atoms with E-state index in [0.29, 0.717) is 17.8 Å². The molecule has 0 amide bonds. The zero-order valence-corrected chi connectivity index (χ0v) is 15.2. The predicted octanol–water partition coefficient (Wildman–Crippen LogP) is 4.08.